The molecule has 0 bridgehead atoms. The van der Waals surface area contributed by atoms with Gasteiger partial charge in [-0.2, -0.15) is 5.26 Å². The van der Waals surface area contributed by atoms with Crippen LogP contribution in [-0.4, -0.2) is 62.8 Å². The zero-order valence-electron chi connectivity index (χ0n) is 7.76. The number of hydrogen-bond donors (Lipinski definition) is 5. The van der Waals surface area contributed by atoms with Gasteiger partial charge in [0.2, 0.25) is 0 Å². The van der Waals surface area contributed by atoms with Crippen LogP contribution in [0.2, 0.25) is 0 Å². The molecule has 0 aromatic heterocycles. The van der Waals surface area contributed by atoms with E-state index in [2.05, 4.69) is 0 Å². The van der Waals surface area contributed by atoms with Gasteiger partial charge in [0.1, 0.15) is 24.4 Å². The molecular formula is C8H13NO6. The Hall–Kier alpha value is -0.750. The molecule has 1 aliphatic rings. The molecule has 5 N–H and O–H groups in total. The number of nitrogens with zero attached hydrogens (tertiary/aromatic N) is 1. The molecule has 1 rings (SSSR count). The third-order valence-corrected chi connectivity index (χ3v) is 2.38. The Balaban J connectivity index is 2.79. The van der Waals surface area contributed by atoms with Gasteiger partial charge in [-0.15, -0.1) is 0 Å². The summed E-state index contributed by atoms with van der Waals surface area (Å²) in [5.74, 6) is -1.07. The van der Waals surface area contributed by atoms with Gasteiger partial charge in [0.15, 0.2) is 6.29 Å². The molecule has 0 aliphatic carbocycles. The first-order valence-electron chi connectivity index (χ1n) is 4.41. The third-order valence-electron chi connectivity index (χ3n) is 2.38. The lowest BCUT2D eigenvalue weighted by Gasteiger charge is -2.39. The summed E-state index contributed by atoms with van der Waals surface area (Å²) in [5.41, 5.74) is 0. The van der Waals surface area contributed by atoms with E-state index < -0.39 is 43.2 Å². The SMILES string of the molecule is N#CC(CO)[C@H]1O[C@H](O)[C@@H](O)[C@@H](O)[C@@H]1O. The number of nitriles is 1. The van der Waals surface area contributed by atoms with E-state index in [1.165, 1.54) is 0 Å². The van der Waals surface area contributed by atoms with E-state index in [1.807, 2.05) is 0 Å². The number of aliphatic hydroxyl groups is 5. The third kappa shape index (κ3) is 2.26. The van der Waals surface area contributed by atoms with Crippen molar-refractivity contribution in [3.05, 3.63) is 0 Å². The molecule has 7 nitrogen and oxygen atoms in total. The maximum atomic E-state index is 9.45. The summed E-state index contributed by atoms with van der Waals surface area (Å²) < 4.78 is 4.74. The lowest BCUT2D eigenvalue weighted by atomic mass is 9.91. The highest BCUT2D eigenvalue weighted by Gasteiger charge is 2.45. The van der Waals surface area contributed by atoms with Crippen molar-refractivity contribution < 1.29 is 30.3 Å². The lowest BCUT2D eigenvalue weighted by molar-refractivity contribution is -0.289. The van der Waals surface area contributed by atoms with Crippen LogP contribution in [0.4, 0.5) is 0 Å². The van der Waals surface area contributed by atoms with Gasteiger partial charge in [-0.1, -0.05) is 0 Å². The normalized spacial score (nSPS) is 43.3. The van der Waals surface area contributed by atoms with Crippen LogP contribution in [0.3, 0.4) is 0 Å². The molecule has 1 unspecified atom stereocenters. The quantitative estimate of drug-likeness (QED) is 0.332. The monoisotopic (exact) mass is 219 g/mol. The number of ether oxygens (including phenoxy) is 1. The van der Waals surface area contributed by atoms with Crippen molar-refractivity contribution in [2.45, 2.75) is 30.7 Å². The molecule has 1 fully saturated rings. The van der Waals surface area contributed by atoms with Crippen molar-refractivity contribution in [3.8, 4) is 6.07 Å². The van der Waals surface area contributed by atoms with Crippen molar-refractivity contribution in [3.63, 3.8) is 0 Å². The predicted molar refractivity (Wildman–Crippen MR) is 45.1 cm³/mol. The molecule has 7 heteroatoms. The van der Waals surface area contributed by atoms with E-state index in [1.54, 1.807) is 6.07 Å². The molecule has 0 radical (unpaired) electrons. The summed E-state index contributed by atoms with van der Waals surface area (Å²) in [7, 11) is 0. The fourth-order valence-corrected chi connectivity index (χ4v) is 1.44. The molecule has 86 valence electrons. The van der Waals surface area contributed by atoms with Gasteiger partial charge in [-0.3, -0.25) is 0 Å². The van der Waals surface area contributed by atoms with Crippen LogP contribution in [0.25, 0.3) is 0 Å². The molecular weight excluding hydrogens is 206 g/mol. The Morgan fingerprint density at radius 3 is 2.20 bits per heavy atom. The maximum absolute atomic E-state index is 9.45. The van der Waals surface area contributed by atoms with Crippen LogP contribution in [0, 0.1) is 17.2 Å². The second-order valence-corrected chi connectivity index (χ2v) is 3.38. The minimum atomic E-state index is -1.68. The summed E-state index contributed by atoms with van der Waals surface area (Å²) in [6, 6.07) is 1.67. The molecule has 1 saturated heterocycles. The summed E-state index contributed by atoms with van der Waals surface area (Å²) >= 11 is 0. The van der Waals surface area contributed by atoms with Gasteiger partial charge in [-0.25, -0.2) is 0 Å². The second-order valence-electron chi connectivity index (χ2n) is 3.38. The summed E-state index contributed by atoms with van der Waals surface area (Å²) in [6.07, 6.45) is -7.68. The van der Waals surface area contributed by atoms with Crippen molar-refractivity contribution in [1.29, 1.82) is 5.26 Å². The Labute approximate surface area is 85.8 Å². The molecule has 0 saturated carbocycles. The van der Waals surface area contributed by atoms with E-state index in [0.29, 0.717) is 0 Å². The topological polar surface area (TPSA) is 134 Å². The fourth-order valence-electron chi connectivity index (χ4n) is 1.44. The van der Waals surface area contributed by atoms with E-state index >= 15 is 0 Å². The van der Waals surface area contributed by atoms with Gasteiger partial charge >= 0.3 is 0 Å². The number of rotatable bonds is 2. The predicted octanol–water partition coefficient (Wildman–Crippen LogP) is -3.08. The van der Waals surface area contributed by atoms with Crippen LogP contribution >= 0.6 is 0 Å². The van der Waals surface area contributed by atoms with Crippen molar-refractivity contribution in [2.75, 3.05) is 6.61 Å². The van der Waals surface area contributed by atoms with Gasteiger partial charge < -0.3 is 30.3 Å². The van der Waals surface area contributed by atoms with Crippen LogP contribution < -0.4 is 0 Å². The Morgan fingerprint density at radius 1 is 1.13 bits per heavy atom. The Bertz CT molecular complexity index is 254. The minimum Gasteiger partial charge on any atom is -0.395 e. The van der Waals surface area contributed by atoms with Gasteiger partial charge in [0.05, 0.1) is 18.6 Å². The summed E-state index contributed by atoms with van der Waals surface area (Å²) in [4.78, 5) is 0. The first-order valence-corrected chi connectivity index (χ1v) is 4.41. The average Bonchev–Trinajstić information content (AvgIpc) is 2.24. The van der Waals surface area contributed by atoms with Crippen LogP contribution in [-0.2, 0) is 4.74 Å². The summed E-state index contributed by atoms with van der Waals surface area (Å²) in [5, 5.41) is 54.4. The molecule has 1 aliphatic heterocycles. The molecule has 0 amide bonds. The van der Waals surface area contributed by atoms with Crippen molar-refractivity contribution in [1.82, 2.24) is 0 Å². The zero-order chi connectivity index (χ0) is 11.6. The summed E-state index contributed by atoms with van der Waals surface area (Å²) in [6.45, 7) is -0.576. The van der Waals surface area contributed by atoms with E-state index in [9.17, 15) is 10.2 Å². The van der Waals surface area contributed by atoms with Crippen molar-refractivity contribution in [2.24, 2.45) is 5.92 Å². The molecule has 0 spiro atoms. The first-order chi connectivity index (χ1) is 7.02. The Kier molecular flexibility index (Phi) is 3.98. The standard InChI is InChI=1S/C8H13NO6/c9-1-3(2-10)7-5(12)4(11)6(13)8(14)15-7/h3-8,10-14H,2H2/t3?,4-,5-,6-,7+,8-/m0/s1. The molecule has 0 aromatic rings. The lowest BCUT2D eigenvalue weighted by Crippen LogP contribution is -2.59. The van der Waals surface area contributed by atoms with Crippen LogP contribution in [0.1, 0.15) is 0 Å². The molecule has 6 atom stereocenters. The van der Waals surface area contributed by atoms with E-state index in [-0.39, 0.29) is 0 Å². The average molecular weight is 219 g/mol. The molecule has 0 aromatic carbocycles. The minimum absolute atomic E-state index is 0.576. The zero-order valence-corrected chi connectivity index (χ0v) is 7.76. The highest BCUT2D eigenvalue weighted by molar-refractivity contribution is 4.98. The Morgan fingerprint density at radius 2 is 1.73 bits per heavy atom. The van der Waals surface area contributed by atoms with Crippen molar-refractivity contribution >= 4 is 0 Å². The second kappa shape index (κ2) is 4.85. The highest BCUT2D eigenvalue weighted by atomic mass is 16.6. The van der Waals surface area contributed by atoms with Gasteiger partial charge in [0.25, 0.3) is 0 Å². The molecule has 15 heavy (non-hydrogen) atoms. The van der Waals surface area contributed by atoms with Crippen LogP contribution in [0.15, 0.2) is 0 Å². The maximum Gasteiger partial charge on any atom is 0.184 e. The highest BCUT2D eigenvalue weighted by Crippen LogP contribution is 2.24. The smallest absolute Gasteiger partial charge is 0.184 e. The largest absolute Gasteiger partial charge is 0.395 e. The van der Waals surface area contributed by atoms with E-state index in [4.69, 9.17) is 25.3 Å². The molecule has 1 heterocycles. The number of aliphatic hydroxyl groups excluding tert-OH is 5. The first kappa shape index (κ1) is 12.3. The van der Waals surface area contributed by atoms with Gasteiger partial charge in [0, 0.05) is 0 Å². The fraction of sp³-hybridized carbons (Fsp3) is 0.875. The van der Waals surface area contributed by atoms with Crippen LogP contribution in [0.5, 0.6) is 0 Å². The number of hydrogen-bond acceptors (Lipinski definition) is 7. The van der Waals surface area contributed by atoms with E-state index in [0.717, 1.165) is 0 Å². The van der Waals surface area contributed by atoms with Gasteiger partial charge in [-0.05, 0) is 0 Å².